The molecule has 2 aromatic carbocycles. The summed E-state index contributed by atoms with van der Waals surface area (Å²) in [5.74, 6) is -1.43. The summed E-state index contributed by atoms with van der Waals surface area (Å²) < 4.78 is 14.2. The van der Waals surface area contributed by atoms with Crippen molar-refractivity contribution in [2.75, 3.05) is 26.8 Å². The Bertz CT molecular complexity index is 2230. The first kappa shape index (κ1) is 41.9. The summed E-state index contributed by atoms with van der Waals surface area (Å²) in [4.78, 5) is 61.4. The highest BCUT2D eigenvalue weighted by Gasteiger charge is 2.37. The Morgan fingerprint density at radius 3 is 2.63 bits per heavy atom. The molecule has 4 atom stereocenters. The molecule has 0 aliphatic carbocycles. The van der Waals surface area contributed by atoms with E-state index in [4.69, 9.17) is 14.5 Å². The molecule has 0 unspecified atom stereocenters. The van der Waals surface area contributed by atoms with E-state index in [2.05, 4.69) is 54.3 Å². The summed E-state index contributed by atoms with van der Waals surface area (Å²) in [5, 5.41) is 16.7. The van der Waals surface area contributed by atoms with Crippen molar-refractivity contribution in [3.63, 3.8) is 0 Å². The van der Waals surface area contributed by atoms with E-state index in [1.165, 1.54) is 11.9 Å². The van der Waals surface area contributed by atoms with Crippen LogP contribution in [0.5, 0.6) is 5.75 Å². The number of phenolic OH excluding ortho intramolecular Hbond substituents is 1. The molecule has 2 fully saturated rings. The van der Waals surface area contributed by atoms with Gasteiger partial charge < -0.3 is 29.4 Å². The smallest absolute Gasteiger partial charge is 0.324 e. The Labute approximate surface area is 346 Å². The summed E-state index contributed by atoms with van der Waals surface area (Å²) in [6, 6.07) is 13.1. The molecule has 3 aliphatic heterocycles. The lowest BCUT2D eigenvalue weighted by Crippen LogP contribution is -2.61. The summed E-state index contributed by atoms with van der Waals surface area (Å²) >= 11 is 0. The van der Waals surface area contributed by atoms with Crippen molar-refractivity contribution in [2.24, 2.45) is 5.41 Å². The quantitative estimate of drug-likeness (QED) is 0.192. The third kappa shape index (κ3) is 8.86. The lowest BCUT2D eigenvalue weighted by Gasteiger charge is -2.36. The highest BCUT2D eigenvalue weighted by molar-refractivity contribution is 5.96. The van der Waals surface area contributed by atoms with E-state index in [9.17, 15) is 24.3 Å². The van der Waals surface area contributed by atoms with Crippen molar-refractivity contribution in [1.29, 1.82) is 0 Å². The molecule has 2 saturated heterocycles. The molecule has 2 aromatic heterocycles. The number of fused-ring (bicyclic) bond motifs is 6. The second kappa shape index (κ2) is 17.5. The Kier molecular flexibility index (Phi) is 12.4. The number of rotatable bonds is 6. The normalized spacial score (nSPS) is 22.0. The predicted octanol–water partition coefficient (Wildman–Crippen LogP) is 6.24. The monoisotopic (exact) mass is 806 g/mol. The van der Waals surface area contributed by atoms with Crippen LogP contribution in [0.15, 0.2) is 54.7 Å². The van der Waals surface area contributed by atoms with Crippen molar-refractivity contribution in [3.05, 3.63) is 71.5 Å². The van der Waals surface area contributed by atoms with Crippen LogP contribution in [0.4, 0.5) is 0 Å². The van der Waals surface area contributed by atoms with Gasteiger partial charge in [-0.25, -0.2) is 5.43 Å². The number of nitrogens with zero attached hydrogens (tertiary/aromatic N) is 4. The first-order valence-corrected chi connectivity index (χ1v) is 21.1. The van der Waals surface area contributed by atoms with E-state index < -0.39 is 41.3 Å². The molecule has 4 aromatic rings. The molecule has 0 spiro atoms. The van der Waals surface area contributed by atoms with E-state index in [0.29, 0.717) is 50.9 Å². The van der Waals surface area contributed by atoms with Gasteiger partial charge in [0, 0.05) is 68.2 Å². The molecule has 6 bridgehead atoms. The van der Waals surface area contributed by atoms with Crippen LogP contribution in [0.2, 0.25) is 0 Å². The average Bonchev–Trinajstić information content (AvgIpc) is 3.34. The van der Waals surface area contributed by atoms with Gasteiger partial charge in [-0.1, -0.05) is 38.8 Å². The van der Waals surface area contributed by atoms with Crippen LogP contribution in [0.1, 0.15) is 96.1 Å². The minimum absolute atomic E-state index is 0.0247. The van der Waals surface area contributed by atoms with Gasteiger partial charge in [0.05, 0.1) is 24.1 Å². The van der Waals surface area contributed by atoms with E-state index in [1.54, 1.807) is 30.3 Å². The van der Waals surface area contributed by atoms with E-state index >= 15 is 0 Å². The molecule has 0 radical (unpaired) electrons. The van der Waals surface area contributed by atoms with E-state index in [1.807, 2.05) is 25.1 Å². The summed E-state index contributed by atoms with van der Waals surface area (Å²) in [6.45, 7) is 11.4. The van der Waals surface area contributed by atoms with Crippen LogP contribution < -0.4 is 10.7 Å². The molecule has 3 amide bonds. The zero-order valence-corrected chi connectivity index (χ0v) is 35.2. The molecule has 13 heteroatoms. The first-order valence-electron chi connectivity index (χ1n) is 21.1. The fraction of sp³-hybridized carbons (Fsp3) is 0.500. The topological polar surface area (TPSA) is 155 Å². The van der Waals surface area contributed by atoms with Gasteiger partial charge in [0.1, 0.15) is 23.9 Å². The predicted molar refractivity (Wildman–Crippen MR) is 225 cm³/mol. The van der Waals surface area contributed by atoms with Crippen LogP contribution >= 0.6 is 0 Å². The van der Waals surface area contributed by atoms with Gasteiger partial charge in [-0.05, 0) is 105 Å². The third-order valence-corrected chi connectivity index (χ3v) is 12.1. The van der Waals surface area contributed by atoms with Crippen LogP contribution in [0, 0.1) is 5.41 Å². The Morgan fingerprint density at radius 2 is 1.86 bits per heavy atom. The number of methoxy groups -OCH3 is 1. The zero-order chi connectivity index (χ0) is 42.0. The lowest BCUT2D eigenvalue weighted by atomic mass is 9.84. The molecule has 13 nitrogen and oxygen atoms in total. The maximum Gasteiger partial charge on any atom is 0.324 e. The number of hydrogen-bond donors (Lipinski definition) is 3. The number of cyclic esters (lactones) is 1. The fourth-order valence-electron chi connectivity index (χ4n) is 9.09. The number of carbonyl (C=O) groups excluding carboxylic acids is 4. The standard InChI is InChI=1S/C46H58N6O7/c1-7-50-39-17-16-31-25-35(39)36(42(50)34-13-11-18-47-41(34)28(2)58-6)26-46(4,5)27-59-45(57)37-14-12-20-52(49-37)44(56)38(23-30-21-32(31)24-33(54)22-30)48-43(55)40-15-9-8-10-19-51(40)29(3)53/h11,13,16-18,21-22,24-25,28,37-38,40,49,54H,7-10,12,14-15,19-20,23,26-27H2,1-6H3,(H,48,55)/t28-,37-,38-,40-/m0/s1. The number of aromatic hydroxyl groups is 1. The number of likely N-dealkylation sites (tertiary alicyclic amines) is 1. The van der Waals surface area contributed by atoms with Crippen molar-refractivity contribution in [3.8, 4) is 28.1 Å². The molecule has 3 aliphatic rings. The Balaban J connectivity index is 1.37. The average molecular weight is 807 g/mol. The SMILES string of the molecule is CCn1c(-c2cccnc2[C@H](C)OC)c2c3cc(ccc31)-c1cc(O)cc(c1)C[C@H](NC(=O)[C@@H]1CCCCCN1C(C)=O)C(=O)N1CCC[C@H](N1)C(=O)OCC(C)(C)C2. The van der Waals surface area contributed by atoms with Gasteiger partial charge in [-0.15, -0.1) is 0 Å². The second-order valence-corrected chi connectivity index (χ2v) is 17.1. The summed E-state index contributed by atoms with van der Waals surface area (Å²) in [5.41, 5.74) is 9.78. The van der Waals surface area contributed by atoms with Crippen molar-refractivity contribution >= 4 is 34.6 Å². The van der Waals surface area contributed by atoms with Crippen LogP contribution in [-0.4, -0.2) is 93.2 Å². The maximum atomic E-state index is 14.5. The van der Waals surface area contributed by atoms with Crippen LogP contribution in [0.25, 0.3) is 33.3 Å². The Morgan fingerprint density at radius 1 is 1.05 bits per heavy atom. The molecule has 3 N–H and O–H groups in total. The summed E-state index contributed by atoms with van der Waals surface area (Å²) in [7, 11) is 1.68. The molecule has 5 heterocycles. The van der Waals surface area contributed by atoms with Gasteiger partial charge in [-0.2, -0.15) is 0 Å². The van der Waals surface area contributed by atoms with Gasteiger partial charge in [0.15, 0.2) is 0 Å². The second-order valence-electron chi connectivity index (χ2n) is 17.1. The number of esters is 1. The number of aryl methyl sites for hydroxylation is 1. The first-order chi connectivity index (χ1) is 28.3. The van der Waals surface area contributed by atoms with Crippen LogP contribution in [-0.2, 0) is 48.0 Å². The molecular weight excluding hydrogens is 749 g/mol. The number of nitrogens with one attached hydrogen (secondary N) is 2. The number of aromatic nitrogens is 2. The molecule has 7 rings (SSSR count). The molecular formula is C46H58N6O7. The molecule has 314 valence electrons. The number of hydrogen-bond acceptors (Lipinski definition) is 9. The summed E-state index contributed by atoms with van der Waals surface area (Å²) in [6.07, 6.45) is 6.16. The minimum Gasteiger partial charge on any atom is -0.508 e. The number of amides is 3. The third-order valence-electron chi connectivity index (χ3n) is 12.1. The number of hydrazine groups is 1. The van der Waals surface area contributed by atoms with E-state index in [0.717, 1.165) is 63.8 Å². The number of carbonyl (C=O) groups is 4. The molecule has 0 saturated carbocycles. The number of pyridine rings is 1. The zero-order valence-electron chi connectivity index (χ0n) is 35.2. The largest absolute Gasteiger partial charge is 0.508 e. The number of ether oxygens (including phenoxy) is 2. The number of phenols is 1. The molecule has 59 heavy (non-hydrogen) atoms. The highest BCUT2D eigenvalue weighted by Crippen LogP contribution is 2.42. The Hall–Kier alpha value is -5.27. The van der Waals surface area contributed by atoms with Crippen molar-refractivity contribution < 1.29 is 33.8 Å². The highest BCUT2D eigenvalue weighted by atomic mass is 16.5. The van der Waals surface area contributed by atoms with Crippen molar-refractivity contribution in [2.45, 2.75) is 117 Å². The maximum absolute atomic E-state index is 14.5. The van der Waals surface area contributed by atoms with Gasteiger partial charge in [0.2, 0.25) is 11.8 Å². The minimum atomic E-state index is -1.06. The van der Waals surface area contributed by atoms with Crippen LogP contribution in [0.3, 0.4) is 0 Å². The number of benzene rings is 2. The van der Waals surface area contributed by atoms with Gasteiger partial charge >= 0.3 is 5.97 Å². The van der Waals surface area contributed by atoms with E-state index in [-0.39, 0.29) is 30.8 Å². The van der Waals surface area contributed by atoms with Gasteiger partial charge in [0.25, 0.3) is 5.91 Å². The van der Waals surface area contributed by atoms with Crippen molar-refractivity contribution in [1.82, 2.24) is 30.2 Å². The van der Waals surface area contributed by atoms with Gasteiger partial charge in [-0.3, -0.25) is 29.2 Å². The lowest BCUT2D eigenvalue weighted by molar-refractivity contribution is -0.155. The fourth-order valence-corrected chi connectivity index (χ4v) is 9.09.